The van der Waals surface area contributed by atoms with E-state index in [1.54, 1.807) is 20.4 Å². The summed E-state index contributed by atoms with van der Waals surface area (Å²) in [4.78, 5) is 11.2. The molecule has 2 N–H and O–H groups in total. The van der Waals surface area contributed by atoms with Gasteiger partial charge in [-0.25, -0.2) is 4.98 Å². The van der Waals surface area contributed by atoms with Gasteiger partial charge in [0.2, 0.25) is 5.88 Å². The van der Waals surface area contributed by atoms with Crippen molar-refractivity contribution in [3.8, 4) is 5.88 Å². The smallest absolute Gasteiger partial charge is 0.218 e. The maximum atomic E-state index is 5.69. The molecular formula is C20H35N5O2. The van der Waals surface area contributed by atoms with Gasteiger partial charge in [0, 0.05) is 51.6 Å². The first-order valence-electron chi connectivity index (χ1n) is 10.0. The van der Waals surface area contributed by atoms with Crippen LogP contribution in [0.4, 0.5) is 0 Å². The van der Waals surface area contributed by atoms with E-state index in [-0.39, 0.29) is 0 Å². The number of hydrogen-bond donors (Lipinski definition) is 2. The highest BCUT2D eigenvalue weighted by atomic mass is 16.5. The second kappa shape index (κ2) is 12.5. The number of nitrogens with zero attached hydrogens (tertiary/aromatic N) is 3. The topological polar surface area (TPSA) is 71.0 Å². The van der Waals surface area contributed by atoms with Gasteiger partial charge in [-0.2, -0.15) is 0 Å². The molecule has 1 atom stereocenters. The Hall–Kier alpha value is -1.86. The molecule has 0 radical (unpaired) electrons. The molecule has 0 aliphatic carbocycles. The first-order chi connectivity index (χ1) is 13.3. The van der Waals surface area contributed by atoms with Gasteiger partial charge in [-0.15, -0.1) is 0 Å². The maximum Gasteiger partial charge on any atom is 0.218 e. The summed E-state index contributed by atoms with van der Waals surface area (Å²) < 4.78 is 10.7. The quantitative estimate of drug-likeness (QED) is 0.369. The molecule has 7 heteroatoms. The van der Waals surface area contributed by atoms with Crippen molar-refractivity contribution in [3.05, 3.63) is 23.9 Å². The van der Waals surface area contributed by atoms with Crippen LogP contribution in [0.25, 0.3) is 0 Å². The normalized spacial score (nSPS) is 18.3. The number of piperidine rings is 1. The van der Waals surface area contributed by atoms with Gasteiger partial charge in [-0.3, -0.25) is 9.89 Å². The molecule has 2 rings (SSSR count). The van der Waals surface area contributed by atoms with Crippen molar-refractivity contribution in [3.63, 3.8) is 0 Å². The van der Waals surface area contributed by atoms with Crippen molar-refractivity contribution < 1.29 is 9.47 Å². The zero-order valence-corrected chi connectivity index (χ0v) is 17.0. The van der Waals surface area contributed by atoms with Crippen molar-refractivity contribution in [1.82, 2.24) is 20.5 Å². The van der Waals surface area contributed by atoms with Crippen LogP contribution in [0.3, 0.4) is 0 Å². The van der Waals surface area contributed by atoms with Crippen molar-refractivity contribution in [2.75, 3.05) is 47.0 Å². The van der Waals surface area contributed by atoms with E-state index in [1.165, 1.54) is 32.2 Å². The van der Waals surface area contributed by atoms with E-state index in [2.05, 4.69) is 32.4 Å². The lowest BCUT2D eigenvalue weighted by molar-refractivity contribution is 0.143. The molecule has 27 heavy (non-hydrogen) atoms. The SMILES string of the molecule is CCC1CCCCN1CCNC(=NC)NCc1cccnc1OCCOC. The molecule has 7 nitrogen and oxygen atoms in total. The second-order valence-electron chi connectivity index (χ2n) is 6.76. The van der Waals surface area contributed by atoms with Gasteiger partial charge < -0.3 is 20.1 Å². The Morgan fingerprint density at radius 3 is 3.00 bits per heavy atom. The van der Waals surface area contributed by atoms with E-state index in [0.29, 0.717) is 25.6 Å². The van der Waals surface area contributed by atoms with Gasteiger partial charge in [0.25, 0.3) is 0 Å². The zero-order valence-electron chi connectivity index (χ0n) is 17.0. The van der Waals surface area contributed by atoms with Crippen LogP contribution >= 0.6 is 0 Å². The minimum absolute atomic E-state index is 0.488. The fraction of sp³-hybridized carbons (Fsp3) is 0.700. The lowest BCUT2D eigenvalue weighted by Crippen LogP contribution is -2.45. The van der Waals surface area contributed by atoms with Crippen LogP contribution in [0, 0.1) is 0 Å². The van der Waals surface area contributed by atoms with E-state index in [1.807, 2.05) is 12.1 Å². The average Bonchev–Trinajstić information content (AvgIpc) is 2.72. The highest BCUT2D eigenvalue weighted by molar-refractivity contribution is 5.79. The summed E-state index contributed by atoms with van der Waals surface area (Å²) in [6.45, 7) is 7.08. The Labute approximate surface area is 163 Å². The molecule has 0 bridgehead atoms. The van der Waals surface area contributed by atoms with E-state index >= 15 is 0 Å². The third-order valence-electron chi connectivity index (χ3n) is 4.96. The monoisotopic (exact) mass is 377 g/mol. The number of aromatic nitrogens is 1. The van der Waals surface area contributed by atoms with Gasteiger partial charge >= 0.3 is 0 Å². The first kappa shape index (κ1) is 21.4. The Kier molecular flexibility index (Phi) is 9.94. The summed E-state index contributed by atoms with van der Waals surface area (Å²) in [5.41, 5.74) is 0.999. The Morgan fingerprint density at radius 2 is 2.22 bits per heavy atom. The van der Waals surface area contributed by atoms with E-state index in [0.717, 1.165) is 30.7 Å². The maximum absolute atomic E-state index is 5.69. The number of hydrogen-bond acceptors (Lipinski definition) is 5. The predicted molar refractivity (Wildman–Crippen MR) is 109 cm³/mol. The standard InChI is InChI=1S/C20H35N5O2/c1-4-18-9-5-6-12-25(18)13-11-23-20(21-2)24-16-17-8-7-10-22-19(17)27-15-14-26-3/h7-8,10,18H,4-6,9,11-16H2,1-3H3,(H2,21,23,24). The number of guanidine groups is 1. The lowest BCUT2D eigenvalue weighted by Gasteiger charge is -2.35. The number of aliphatic imine (C=N–C) groups is 1. The number of likely N-dealkylation sites (tertiary alicyclic amines) is 1. The van der Waals surface area contributed by atoms with Crippen molar-refractivity contribution in [2.45, 2.75) is 45.2 Å². The van der Waals surface area contributed by atoms with Crippen LogP contribution in [0.1, 0.15) is 38.2 Å². The molecule has 1 aliphatic rings. The van der Waals surface area contributed by atoms with E-state index < -0.39 is 0 Å². The van der Waals surface area contributed by atoms with Crippen LogP contribution in [0.2, 0.25) is 0 Å². The summed E-state index contributed by atoms with van der Waals surface area (Å²) in [6, 6.07) is 4.66. The first-order valence-corrected chi connectivity index (χ1v) is 10.0. The minimum Gasteiger partial charge on any atom is -0.475 e. The van der Waals surface area contributed by atoms with Gasteiger partial charge in [0.15, 0.2) is 5.96 Å². The van der Waals surface area contributed by atoms with E-state index in [9.17, 15) is 0 Å². The molecule has 0 saturated carbocycles. The molecular weight excluding hydrogens is 342 g/mol. The minimum atomic E-state index is 0.488. The predicted octanol–water partition coefficient (Wildman–Crippen LogP) is 2.04. The molecule has 1 unspecified atom stereocenters. The molecule has 0 spiro atoms. The lowest BCUT2D eigenvalue weighted by atomic mass is 10.0. The van der Waals surface area contributed by atoms with Gasteiger partial charge in [-0.05, 0) is 31.9 Å². The number of methoxy groups -OCH3 is 1. The number of nitrogens with one attached hydrogen (secondary N) is 2. The molecule has 1 aromatic heterocycles. The number of pyridine rings is 1. The summed E-state index contributed by atoms with van der Waals surface area (Å²) in [5, 5.41) is 6.77. The molecule has 1 aliphatic heterocycles. The zero-order chi connectivity index (χ0) is 19.3. The fourth-order valence-corrected chi connectivity index (χ4v) is 3.44. The molecule has 1 saturated heterocycles. The Balaban J connectivity index is 1.77. The summed E-state index contributed by atoms with van der Waals surface area (Å²) in [7, 11) is 3.46. The van der Waals surface area contributed by atoms with Crippen LogP contribution in [0.15, 0.2) is 23.3 Å². The van der Waals surface area contributed by atoms with Crippen LogP contribution in [-0.2, 0) is 11.3 Å². The third-order valence-corrected chi connectivity index (χ3v) is 4.96. The fourth-order valence-electron chi connectivity index (χ4n) is 3.44. The summed E-state index contributed by atoms with van der Waals surface area (Å²) >= 11 is 0. The summed E-state index contributed by atoms with van der Waals surface area (Å²) in [6.07, 6.45) is 6.99. The molecule has 152 valence electrons. The van der Waals surface area contributed by atoms with Crippen LogP contribution < -0.4 is 15.4 Å². The largest absolute Gasteiger partial charge is 0.475 e. The van der Waals surface area contributed by atoms with Gasteiger partial charge in [-0.1, -0.05) is 19.4 Å². The van der Waals surface area contributed by atoms with Gasteiger partial charge in [0.1, 0.15) is 6.61 Å². The molecule has 1 fully saturated rings. The van der Waals surface area contributed by atoms with Crippen molar-refractivity contribution in [2.24, 2.45) is 4.99 Å². The van der Waals surface area contributed by atoms with E-state index in [4.69, 9.17) is 9.47 Å². The Bertz CT molecular complexity index is 567. The second-order valence-corrected chi connectivity index (χ2v) is 6.76. The summed E-state index contributed by atoms with van der Waals surface area (Å²) in [5.74, 6) is 1.43. The number of ether oxygens (including phenoxy) is 2. The third kappa shape index (κ3) is 7.34. The highest BCUT2D eigenvalue weighted by Gasteiger charge is 2.19. The van der Waals surface area contributed by atoms with Crippen molar-refractivity contribution >= 4 is 5.96 Å². The van der Waals surface area contributed by atoms with Gasteiger partial charge in [0.05, 0.1) is 6.61 Å². The van der Waals surface area contributed by atoms with Crippen LogP contribution in [0.5, 0.6) is 5.88 Å². The van der Waals surface area contributed by atoms with Crippen molar-refractivity contribution in [1.29, 1.82) is 0 Å². The number of rotatable bonds is 10. The Morgan fingerprint density at radius 1 is 1.33 bits per heavy atom. The average molecular weight is 378 g/mol. The molecule has 0 amide bonds. The molecule has 0 aromatic carbocycles. The highest BCUT2D eigenvalue weighted by Crippen LogP contribution is 2.18. The van der Waals surface area contributed by atoms with Crippen LogP contribution in [-0.4, -0.2) is 68.9 Å². The molecule has 1 aromatic rings. The molecule has 2 heterocycles.